The van der Waals surface area contributed by atoms with E-state index in [2.05, 4.69) is 35.5 Å². The van der Waals surface area contributed by atoms with Crippen LogP contribution >= 0.6 is 0 Å². The van der Waals surface area contributed by atoms with Crippen LogP contribution in [0, 0.1) is 12.8 Å². The Hall–Kier alpha value is -3.55. The Morgan fingerprint density at radius 3 is 2.68 bits per heavy atom. The molecular formula is C20H20N8. The quantitative estimate of drug-likeness (QED) is 0.576. The van der Waals surface area contributed by atoms with Gasteiger partial charge < -0.3 is 10.2 Å². The monoisotopic (exact) mass is 372 g/mol. The molecular weight excluding hydrogens is 352 g/mol. The SMILES string of the molecule is Cc1cc(NCC2CN(c3ccc(-c4ccncc4)nn3)C2)n2nccc2n1. The van der Waals surface area contributed by atoms with Crippen LogP contribution in [0.2, 0.25) is 0 Å². The first-order chi connectivity index (χ1) is 13.8. The molecule has 140 valence electrons. The number of nitrogens with zero attached hydrogens (tertiary/aromatic N) is 7. The van der Waals surface area contributed by atoms with Crippen LogP contribution in [0.25, 0.3) is 16.9 Å². The Morgan fingerprint density at radius 2 is 1.89 bits per heavy atom. The molecule has 0 aromatic carbocycles. The van der Waals surface area contributed by atoms with Crippen LogP contribution in [0.5, 0.6) is 0 Å². The van der Waals surface area contributed by atoms with E-state index in [1.54, 1.807) is 18.6 Å². The molecule has 1 saturated heterocycles. The Kier molecular flexibility index (Phi) is 4.08. The van der Waals surface area contributed by atoms with Gasteiger partial charge in [-0.15, -0.1) is 10.2 Å². The molecule has 0 spiro atoms. The van der Waals surface area contributed by atoms with E-state index in [-0.39, 0.29) is 0 Å². The van der Waals surface area contributed by atoms with Gasteiger partial charge >= 0.3 is 0 Å². The normalized spacial score (nSPS) is 14.2. The summed E-state index contributed by atoms with van der Waals surface area (Å²) in [6, 6.07) is 11.9. The highest BCUT2D eigenvalue weighted by Crippen LogP contribution is 2.24. The third-order valence-corrected chi connectivity index (χ3v) is 4.97. The third-order valence-electron chi connectivity index (χ3n) is 4.97. The molecule has 1 aliphatic rings. The van der Waals surface area contributed by atoms with E-state index in [0.29, 0.717) is 5.92 Å². The molecule has 4 aromatic rings. The fraction of sp³-hybridized carbons (Fsp3) is 0.250. The number of aryl methyl sites for hydroxylation is 1. The van der Waals surface area contributed by atoms with Crippen molar-refractivity contribution in [2.45, 2.75) is 6.92 Å². The van der Waals surface area contributed by atoms with Crippen molar-refractivity contribution in [2.24, 2.45) is 5.92 Å². The number of anilines is 2. The predicted octanol–water partition coefficient (Wildman–Crippen LogP) is 2.44. The second kappa shape index (κ2) is 6.88. The van der Waals surface area contributed by atoms with Gasteiger partial charge in [-0.25, -0.2) is 4.98 Å². The van der Waals surface area contributed by atoms with Gasteiger partial charge in [-0.3, -0.25) is 4.98 Å². The number of rotatable bonds is 5. The Balaban J connectivity index is 1.19. The van der Waals surface area contributed by atoms with Crippen molar-refractivity contribution >= 4 is 17.3 Å². The lowest BCUT2D eigenvalue weighted by atomic mass is 10.0. The van der Waals surface area contributed by atoms with Gasteiger partial charge in [-0.2, -0.15) is 9.61 Å². The molecule has 28 heavy (non-hydrogen) atoms. The lowest BCUT2D eigenvalue weighted by molar-refractivity contribution is 0.425. The molecule has 0 radical (unpaired) electrons. The van der Waals surface area contributed by atoms with E-state index in [1.807, 2.05) is 47.8 Å². The van der Waals surface area contributed by atoms with E-state index >= 15 is 0 Å². The molecule has 1 fully saturated rings. The maximum Gasteiger partial charge on any atom is 0.157 e. The molecule has 0 atom stereocenters. The molecule has 1 aliphatic heterocycles. The summed E-state index contributed by atoms with van der Waals surface area (Å²) in [5, 5.41) is 16.6. The minimum Gasteiger partial charge on any atom is -0.369 e. The second-order valence-corrected chi connectivity index (χ2v) is 7.05. The number of pyridine rings is 1. The summed E-state index contributed by atoms with van der Waals surface area (Å²) in [5.74, 6) is 2.46. The fourth-order valence-electron chi connectivity index (χ4n) is 3.47. The van der Waals surface area contributed by atoms with Crippen LogP contribution in [-0.4, -0.2) is 49.4 Å². The smallest absolute Gasteiger partial charge is 0.157 e. The summed E-state index contributed by atoms with van der Waals surface area (Å²) in [6.45, 7) is 4.81. The zero-order valence-corrected chi connectivity index (χ0v) is 15.5. The standard InChI is InChI=1S/C20H20N8/c1-14-10-20(28-18(24-14)6-9-23-28)22-11-15-12-27(13-15)19-3-2-17(25-26-19)16-4-7-21-8-5-16/h2-10,15,22H,11-13H2,1H3. The van der Waals surface area contributed by atoms with Crippen LogP contribution in [-0.2, 0) is 0 Å². The van der Waals surface area contributed by atoms with Gasteiger partial charge in [0, 0.05) is 61.3 Å². The number of hydrogen-bond acceptors (Lipinski definition) is 7. The molecule has 0 saturated carbocycles. The van der Waals surface area contributed by atoms with Gasteiger partial charge in [-0.05, 0) is 31.2 Å². The average molecular weight is 372 g/mol. The van der Waals surface area contributed by atoms with Crippen molar-refractivity contribution in [1.82, 2.24) is 29.8 Å². The van der Waals surface area contributed by atoms with Crippen molar-refractivity contribution in [2.75, 3.05) is 29.9 Å². The minimum absolute atomic E-state index is 0.556. The number of hydrogen-bond donors (Lipinski definition) is 1. The van der Waals surface area contributed by atoms with Crippen molar-refractivity contribution in [3.8, 4) is 11.3 Å². The molecule has 5 rings (SSSR count). The summed E-state index contributed by atoms with van der Waals surface area (Å²) < 4.78 is 1.84. The fourth-order valence-corrected chi connectivity index (χ4v) is 3.47. The predicted molar refractivity (Wildman–Crippen MR) is 107 cm³/mol. The van der Waals surface area contributed by atoms with E-state index in [9.17, 15) is 0 Å². The van der Waals surface area contributed by atoms with Gasteiger partial charge in [0.2, 0.25) is 0 Å². The lowest BCUT2D eigenvalue weighted by Crippen LogP contribution is -2.50. The summed E-state index contributed by atoms with van der Waals surface area (Å²) in [6.07, 6.45) is 5.30. The van der Waals surface area contributed by atoms with Crippen LogP contribution in [0.3, 0.4) is 0 Å². The number of nitrogens with one attached hydrogen (secondary N) is 1. The molecule has 0 unspecified atom stereocenters. The van der Waals surface area contributed by atoms with Crippen LogP contribution < -0.4 is 10.2 Å². The zero-order chi connectivity index (χ0) is 18.9. The number of fused-ring (bicyclic) bond motifs is 1. The minimum atomic E-state index is 0.556. The van der Waals surface area contributed by atoms with Crippen molar-refractivity contribution < 1.29 is 0 Å². The van der Waals surface area contributed by atoms with E-state index in [0.717, 1.165) is 53.9 Å². The van der Waals surface area contributed by atoms with Crippen molar-refractivity contribution in [1.29, 1.82) is 0 Å². The van der Waals surface area contributed by atoms with Crippen LogP contribution in [0.1, 0.15) is 5.69 Å². The Bertz CT molecular complexity index is 1080. The maximum absolute atomic E-state index is 4.47. The summed E-state index contributed by atoms with van der Waals surface area (Å²) in [7, 11) is 0. The second-order valence-electron chi connectivity index (χ2n) is 7.05. The molecule has 5 heterocycles. The molecule has 0 bridgehead atoms. The first-order valence-corrected chi connectivity index (χ1v) is 9.30. The molecule has 1 N–H and O–H groups in total. The first kappa shape index (κ1) is 16.6. The summed E-state index contributed by atoms with van der Waals surface area (Å²) in [4.78, 5) is 10.8. The highest BCUT2D eigenvalue weighted by molar-refractivity contribution is 5.59. The van der Waals surface area contributed by atoms with Gasteiger partial charge in [-0.1, -0.05) is 0 Å². The van der Waals surface area contributed by atoms with Gasteiger partial charge in [0.05, 0.1) is 11.9 Å². The highest BCUT2D eigenvalue weighted by atomic mass is 15.3. The Morgan fingerprint density at radius 1 is 1.04 bits per heavy atom. The number of aromatic nitrogens is 6. The maximum atomic E-state index is 4.47. The topological polar surface area (TPSA) is 84.1 Å². The average Bonchev–Trinajstić information content (AvgIpc) is 3.16. The van der Waals surface area contributed by atoms with Crippen molar-refractivity contribution in [3.05, 3.63) is 60.7 Å². The molecule has 0 amide bonds. The third kappa shape index (κ3) is 3.13. The van der Waals surface area contributed by atoms with Crippen molar-refractivity contribution in [3.63, 3.8) is 0 Å². The van der Waals surface area contributed by atoms with Gasteiger partial charge in [0.25, 0.3) is 0 Å². The molecule has 0 aliphatic carbocycles. The lowest BCUT2D eigenvalue weighted by Gasteiger charge is -2.40. The largest absolute Gasteiger partial charge is 0.369 e. The van der Waals surface area contributed by atoms with Crippen LogP contribution in [0.15, 0.2) is 55.0 Å². The first-order valence-electron chi connectivity index (χ1n) is 9.30. The molecule has 4 aromatic heterocycles. The Labute approximate surface area is 162 Å². The van der Waals surface area contributed by atoms with Crippen LogP contribution in [0.4, 0.5) is 11.6 Å². The van der Waals surface area contributed by atoms with E-state index < -0.39 is 0 Å². The van der Waals surface area contributed by atoms with Gasteiger partial charge in [0.1, 0.15) is 5.82 Å². The highest BCUT2D eigenvalue weighted by Gasteiger charge is 2.28. The van der Waals surface area contributed by atoms with Gasteiger partial charge in [0.15, 0.2) is 11.5 Å². The van der Waals surface area contributed by atoms with E-state index in [4.69, 9.17) is 0 Å². The summed E-state index contributed by atoms with van der Waals surface area (Å²) in [5.41, 5.74) is 3.73. The summed E-state index contributed by atoms with van der Waals surface area (Å²) >= 11 is 0. The molecule has 8 heteroatoms. The van der Waals surface area contributed by atoms with E-state index in [1.165, 1.54) is 0 Å². The molecule has 8 nitrogen and oxygen atoms in total. The zero-order valence-electron chi connectivity index (χ0n) is 15.5.